The molecule has 0 bridgehead atoms. The van der Waals surface area contributed by atoms with Gasteiger partial charge in [-0.25, -0.2) is 18.7 Å². The number of aromatic nitrogens is 4. The molecule has 2 aromatic carbocycles. The molecule has 5 rings (SSSR count). The second kappa shape index (κ2) is 13.5. The fourth-order valence-corrected chi connectivity index (χ4v) is 5.06. The second-order valence-electron chi connectivity index (χ2n) is 10.1. The topological polar surface area (TPSA) is 126 Å². The predicted octanol–water partition coefficient (Wildman–Crippen LogP) is 4.40. The SMILES string of the molecule is O=C(Cn1cc(Nc2ncnc3cc(OCCCNC4CCCCC4CO)ccc23)cn1)Nc1cccc(F)c1F. The van der Waals surface area contributed by atoms with Crippen molar-refractivity contribution >= 4 is 34.0 Å². The molecule has 1 saturated carbocycles. The summed E-state index contributed by atoms with van der Waals surface area (Å²) in [5.74, 6) is -1.09. The van der Waals surface area contributed by atoms with Crippen LogP contribution in [0.4, 0.5) is 26.0 Å². The molecule has 1 amide bonds. The zero-order valence-electron chi connectivity index (χ0n) is 22.5. The van der Waals surface area contributed by atoms with E-state index in [0.717, 1.165) is 37.3 Å². The third kappa shape index (κ3) is 7.33. The molecule has 12 heteroatoms. The summed E-state index contributed by atoms with van der Waals surface area (Å²) >= 11 is 0. The van der Waals surface area contributed by atoms with Crippen LogP contribution in [-0.4, -0.2) is 56.6 Å². The average molecular weight is 566 g/mol. The third-order valence-electron chi connectivity index (χ3n) is 7.18. The van der Waals surface area contributed by atoms with Gasteiger partial charge in [-0.3, -0.25) is 9.48 Å². The number of carbonyl (C=O) groups is 1. The van der Waals surface area contributed by atoms with Gasteiger partial charge >= 0.3 is 0 Å². The minimum Gasteiger partial charge on any atom is -0.493 e. The maximum absolute atomic E-state index is 13.8. The lowest BCUT2D eigenvalue weighted by molar-refractivity contribution is -0.116. The third-order valence-corrected chi connectivity index (χ3v) is 7.18. The number of nitrogens with zero attached hydrogens (tertiary/aromatic N) is 4. The van der Waals surface area contributed by atoms with E-state index in [1.165, 1.54) is 42.2 Å². The molecule has 2 atom stereocenters. The molecule has 0 radical (unpaired) electrons. The fourth-order valence-electron chi connectivity index (χ4n) is 5.06. The number of hydrogen-bond donors (Lipinski definition) is 4. The molecular weight excluding hydrogens is 532 g/mol. The van der Waals surface area contributed by atoms with Crippen LogP contribution in [0.3, 0.4) is 0 Å². The smallest absolute Gasteiger partial charge is 0.246 e. The molecule has 41 heavy (non-hydrogen) atoms. The highest BCUT2D eigenvalue weighted by Gasteiger charge is 2.23. The minimum absolute atomic E-state index is 0.193. The van der Waals surface area contributed by atoms with Crippen molar-refractivity contribution in [2.24, 2.45) is 5.92 Å². The van der Waals surface area contributed by atoms with E-state index >= 15 is 0 Å². The van der Waals surface area contributed by atoms with Crippen LogP contribution in [0, 0.1) is 17.6 Å². The van der Waals surface area contributed by atoms with Crippen LogP contribution in [0.15, 0.2) is 55.1 Å². The quantitative estimate of drug-likeness (QED) is 0.186. The van der Waals surface area contributed by atoms with E-state index in [0.29, 0.717) is 41.3 Å². The summed E-state index contributed by atoms with van der Waals surface area (Å²) < 4.78 is 34.5. The monoisotopic (exact) mass is 565 g/mol. The molecule has 10 nitrogen and oxygen atoms in total. The van der Waals surface area contributed by atoms with Crippen LogP contribution < -0.4 is 20.7 Å². The molecule has 216 valence electrons. The van der Waals surface area contributed by atoms with E-state index in [9.17, 15) is 18.7 Å². The fraction of sp³-hybridized carbons (Fsp3) is 0.379. The van der Waals surface area contributed by atoms with Gasteiger partial charge in [0, 0.05) is 30.3 Å². The summed E-state index contributed by atoms with van der Waals surface area (Å²) in [5.41, 5.74) is 1.06. The second-order valence-corrected chi connectivity index (χ2v) is 10.1. The number of aliphatic hydroxyl groups is 1. The summed E-state index contributed by atoms with van der Waals surface area (Å²) in [6.07, 6.45) is 10.0. The first-order chi connectivity index (χ1) is 20.0. The largest absolute Gasteiger partial charge is 0.493 e. The van der Waals surface area contributed by atoms with Crippen molar-refractivity contribution in [1.29, 1.82) is 0 Å². The maximum Gasteiger partial charge on any atom is 0.246 e. The van der Waals surface area contributed by atoms with Gasteiger partial charge in [0.2, 0.25) is 5.91 Å². The Morgan fingerprint density at radius 2 is 2.02 bits per heavy atom. The van der Waals surface area contributed by atoms with Gasteiger partial charge in [0.25, 0.3) is 0 Å². The van der Waals surface area contributed by atoms with Gasteiger partial charge in [0.1, 0.15) is 24.4 Å². The molecule has 4 N–H and O–H groups in total. The zero-order chi connectivity index (χ0) is 28.6. The Balaban J connectivity index is 1.13. The first-order valence-corrected chi connectivity index (χ1v) is 13.8. The zero-order valence-corrected chi connectivity index (χ0v) is 22.5. The molecular formula is C29H33F2N7O3. The standard InChI is InChI=1S/C29H33F2N7O3/c30-23-6-3-8-25(28(23)31)37-27(40)16-38-15-20(14-35-38)36-29-22-10-9-21(13-26(22)33-18-34-29)41-12-4-11-32-24-7-2-1-5-19(24)17-39/h3,6,8-10,13-15,18-19,24,32,39H,1-2,4-5,7,11-12,16-17H2,(H,37,40)(H,33,34,36). The Kier molecular flexibility index (Phi) is 9.32. The Hall–Kier alpha value is -4.16. The first kappa shape index (κ1) is 28.4. The number of benzene rings is 2. The molecule has 1 fully saturated rings. The number of halogens is 2. The van der Waals surface area contributed by atoms with Crippen LogP contribution in [0.25, 0.3) is 10.9 Å². The molecule has 0 spiro atoms. The number of fused-ring (bicyclic) bond motifs is 1. The Bertz CT molecular complexity index is 1480. The van der Waals surface area contributed by atoms with E-state index in [-0.39, 0.29) is 18.8 Å². The number of amides is 1. The molecule has 2 aromatic heterocycles. The van der Waals surface area contributed by atoms with Crippen molar-refractivity contribution in [2.75, 3.05) is 30.4 Å². The van der Waals surface area contributed by atoms with E-state index in [1.807, 2.05) is 18.2 Å². The molecule has 1 aliphatic carbocycles. The van der Waals surface area contributed by atoms with Crippen molar-refractivity contribution in [3.63, 3.8) is 0 Å². The van der Waals surface area contributed by atoms with Crippen molar-refractivity contribution < 1.29 is 23.4 Å². The highest BCUT2D eigenvalue weighted by molar-refractivity contribution is 5.92. The lowest BCUT2D eigenvalue weighted by Gasteiger charge is -2.31. The van der Waals surface area contributed by atoms with Crippen LogP contribution in [0.1, 0.15) is 32.1 Å². The normalized spacial score (nSPS) is 17.0. The van der Waals surface area contributed by atoms with Gasteiger partial charge in [-0.2, -0.15) is 5.10 Å². The number of aliphatic hydroxyl groups excluding tert-OH is 1. The summed E-state index contributed by atoms with van der Waals surface area (Å²) in [6, 6.07) is 9.57. The van der Waals surface area contributed by atoms with Gasteiger partial charge < -0.3 is 25.8 Å². The minimum atomic E-state index is -1.11. The number of hydrogen-bond acceptors (Lipinski definition) is 8. The van der Waals surface area contributed by atoms with Crippen LogP contribution in [0.2, 0.25) is 0 Å². The maximum atomic E-state index is 13.8. The molecule has 4 aromatic rings. The molecule has 0 saturated heterocycles. The van der Waals surface area contributed by atoms with Gasteiger partial charge in [0.15, 0.2) is 11.6 Å². The lowest BCUT2D eigenvalue weighted by atomic mass is 9.85. The number of nitrogens with one attached hydrogen (secondary N) is 3. The average Bonchev–Trinajstić information content (AvgIpc) is 3.41. The van der Waals surface area contributed by atoms with Crippen molar-refractivity contribution in [1.82, 2.24) is 25.1 Å². The number of ether oxygens (including phenoxy) is 1. The van der Waals surface area contributed by atoms with Gasteiger partial charge in [-0.05, 0) is 56.0 Å². The van der Waals surface area contributed by atoms with Crippen molar-refractivity contribution in [2.45, 2.75) is 44.7 Å². The highest BCUT2D eigenvalue weighted by Crippen LogP contribution is 2.27. The van der Waals surface area contributed by atoms with E-state index in [2.05, 4.69) is 31.0 Å². The molecule has 2 unspecified atom stereocenters. The van der Waals surface area contributed by atoms with E-state index in [4.69, 9.17) is 4.74 Å². The van der Waals surface area contributed by atoms with Gasteiger partial charge in [0.05, 0.1) is 29.7 Å². The van der Waals surface area contributed by atoms with Gasteiger partial charge in [-0.1, -0.05) is 18.9 Å². The van der Waals surface area contributed by atoms with Crippen molar-refractivity contribution in [3.8, 4) is 5.75 Å². The predicted molar refractivity (Wildman–Crippen MR) is 151 cm³/mol. The lowest BCUT2D eigenvalue weighted by Crippen LogP contribution is -2.40. The first-order valence-electron chi connectivity index (χ1n) is 13.8. The Morgan fingerprint density at radius 1 is 1.15 bits per heavy atom. The molecule has 2 heterocycles. The van der Waals surface area contributed by atoms with E-state index < -0.39 is 17.5 Å². The highest BCUT2D eigenvalue weighted by atomic mass is 19.2. The van der Waals surface area contributed by atoms with Crippen LogP contribution in [-0.2, 0) is 11.3 Å². The molecule has 1 aliphatic rings. The van der Waals surface area contributed by atoms with Gasteiger partial charge in [-0.15, -0.1) is 0 Å². The Morgan fingerprint density at radius 3 is 2.90 bits per heavy atom. The van der Waals surface area contributed by atoms with E-state index in [1.54, 1.807) is 6.20 Å². The summed E-state index contributed by atoms with van der Waals surface area (Å²) in [6.45, 7) is 1.44. The summed E-state index contributed by atoms with van der Waals surface area (Å²) in [4.78, 5) is 21.0. The molecule has 0 aliphatic heterocycles. The van der Waals surface area contributed by atoms with Crippen LogP contribution >= 0.6 is 0 Å². The Labute approximate surface area is 236 Å². The number of carbonyl (C=O) groups excluding carboxylic acids is 1. The van der Waals surface area contributed by atoms with Crippen molar-refractivity contribution in [3.05, 3.63) is 66.8 Å². The summed E-state index contributed by atoms with van der Waals surface area (Å²) in [7, 11) is 0. The number of rotatable bonds is 12. The van der Waals surface area contributed by atoms with Crippen LogP contribution in [0.5, 0.6) is 5.75 Å². The summed E-state index contributed by atoms with van der Waals surface area (Å²) in [5, 5.41) is 23.6. The number of anilines is 3.